The summed E-state index contributed by atoms with van der Waals surface area (Å²) in [7, 11) is 0. The van der Waals surface area contributed by atoms with Crippen molar-refractivity contribution < 1.29 is 14.7 Å². The maximum Gasteiger partial charge on any atom is 0.335 e. The molecule has 2 amide bonds. The Bertz CT molecular complexity index is 482. The molecule has 2 rings (SSSR count). The van der Waals surface area contributed by atoms with Crippen molar-refractivity contribution in [2.45, 2.75) is 38.1 Å². The largest absolute Gasteiger partial charge is 0.478 e. The molecule has 0 unspecified atom stereocenters. The van der Waals surface area contributed by atoms with Crippen LogP contribution in [0.15, 0.2) is 24.3 Å². The zero-order chi connectivity index (χ0) is 14.4. The Morgan fingerprint density at radius 2 is 2.00 bits per heavy atom. The van der Waals surface area contributed by atoms with Gasteiger partial charge in [0.25, 0.3) is 0 Å². The molecule has 1 fully saturated rings. The maximum absolute atomic E-state index is 11.6. The van der Waals surface area contributed by atoms with Crippen molar-refractivity contribution in [3.8, 4) is 0 Å². The third-order valence-corrected chi connectivity index (χ3v) is 3.56. The predicted molar refractivity (Wildman–Crippen MR) is 75.9 cm³/mol. The Balaban J connectivity index is 1.73. The van der Waals surface area contributed by atoms with Crippen LogP contribution in [0, 0.1) is 0 Å². The maximum atomic E-state index is 11.6. The third-order valence-electron chi connectivity index (χ3n) is 3.56. The van der Waals surface area contributed by atoms with Crippen LogP contribution in [0.5, 0.6) is 0 Å². The number of hydrogen-bond donors (Lipinski definition) is 3. The summed E-state index contributed by atoms with van der Waals surface area (Å²) in [5.41, 5.74) is 1.18. The standard InChI is InChI=1S/C15H20N2O3/c18-14(19)12-5-3-4-11(10-12)8-9-16-15(20)17-13-6-1-2-7-13/h3-5,10,13H,1-2,6-9H2,(H,18,19)(H2,16,17,20). The summed E-state index contributed by atoms with van der Waals surface area (Å²) in [6, 6.07) is 6.96. The Morgan fingerprint density at radius 1 is 1.25 bits per heavy atom. The minimum absolute atomic E-state index is 0.133. The summed E-state index contributed by atoms with van der Waals surface area (Å²) < 4.78 is 0. The van der Waals surface area contributed by atoms with Gasteiger partial charge in [-0.05, 0) is 37.0 Å². The summed E-state index contributed by atoms with van der Waals surface area (Å²) in [6.45, 7) is 0.502. The number of aromatic carboxylic acids is 1. The van der Waals surface area contributed by atoms with E-state index in [0.717, 1.165) is 18.4 Å². The first-order valence-electron chi connectivity index (χ1n) is 7.02. The summed E-state index contributed by atoms with van der Waals surface area (Å²) in [6.07, 6.45) is 5.13. The Morgan fingerprint density at radius 3 is 2.70 bits per heavy atom. The molecule has 0 atom stereocenters. The highest BCUT2D eigenvalue weighted by Crippen LogP contribution is 2.17. The second kappa shape index (κ2) is 6.93. The second-order valence-electron chi connectivity index (χ2n) is 5.14. The van der Waals surface area contributed by atoms with Gasteiger partial charge in [-0.3, -0.25) is 0 Å². The number of nitrogens with one attached hydrogen (secondary N) is 2. The van der Waals surface area contributed by atoms with Gasteiger partial charge in [0.2, 0.25) is 0 Å². The molecule has 1 aliphatic rings. The molecule has 0 radical (unpaired) electrons. The molecule has 0 heterocycles. The molecule has 1 aromatic rings. The van der Waals surface area contributed by atoms with Crippen molar-refractivity contribution in [2.24, 2.45) is 0 Å². The van der Waals surface area contributed by atoms with Crippen molar-refractivity contribution in [3.05, 3.63) is 35.4 Å². The lowest BCUT2D eigenvalue weighted by Crippen LogP contribution is -2.41. The molecule has 0 bridgehead atoms. The zero-order valence-corrected chi connectivity index (χ0v) is 11.4. The van der Waals surface area contributed by atoms with Crippen LogP contribution in [0.25, 0.3) is 0 Å². The van der Waals surface area contributed by atoms with Crippen molar-refractivity contribution >= 4 is 12.0 Å². The molecule has 1 saturated carbocycles. The van der Waals surface area contributed by atoms with Gasteiger partial charge in [0.15, 0.2) is 0 Å². The van der Waals surface area contributed by atoms with Gasteiger partial charge in [0, 0.05) is 12.6 Å². The van der Waals surface area contributed by atoms with Gasteiger partial charge in [-0.25, -0.2) is 9.59 Å². The summed E-state index contributed by atoms with van der Waals surface area (Å²) >= 11 is 0. The van der Waals surface area contributed by atoms with E-state index in [1.54, 1.807) is 18.2 Å². The smallest absolute Gasteiger partial charge is 0.335 e. The molecule has 1 aromatic carbocycles. The lowest BCUT2D eigenvalue weighted by Gasteiger charge is -2.12. The van der Waals surface area contributed by atoms with Crippen LogP contribution in [0.4, 0.5) is 4.79 Å². The van der Waals surface area contributed by atoms with Crippen LogP contribution in [-0.2, 0) is 6.42 Å². The fourth-order valence-electron chi connectivity index (χ4n) is 2.49. The minimum atomic E-state index is -0.932. The number of urea groups is 1. The number of carboxylic acids is 1. The van der Waals surface area contributed by atoms with E-state index in [1.807, 2.05) is 6.07 Å². The van der Waals surface area contributed by atoms with E-state index in [0.29, 0.717) is 19.0 Å². The SMILES string of the molecule is O=C(NCCc1cccc(C(=O)O)c1)NC1CCCC1. The van der Waals surface area contributed by atoms with Gasteiger partial charge in [-0.15, -0.1) is 0 Å². The van der Waals surface area contributed by atoms with Gasteiger partial charge in [0.1, 0.15) is 0 Å². The molecule has 5 heteroatoms. The molecule has 1 aliphatic carbocycles. The highest BCUT2D eigenvalue weighted by atomic mass is 16.4. The Kier molecular flexibility index (Phi) is 4.98. The van der Waals surface area contributed by atoms with E-state index < -0.39 is 5.97 Å². The lowest BCUT2D eigenvalue weighted by molar-refractivity contribution is 0.0696. The number of rotatable bonds is 5. The first-order valence-corrected chi connectivity index (χ1v) is 7.02. The molecule has 20 heavy (non-hydrogen) atoms. The average Bonchev–Trinajstić information content (AvgIpc) is 2.92. The summed E-state index contributed by atoms with van der Waals surface area (Å²) in [5.74, 6) is -0.932. The van der Waals surface area contributed by atoms with Crippen LogP contribution in [0.2, 0.25) is 0 Å². The summed E-state index contributed by atoms with van der Waals surface area (Å²) in [4.78, 5) is 22.5. The van der Waals surface area contributed by atoms with Gasteiger partial charge in [-0.1, -0.05) is 25.0 Å². The molecule has 0 aromatic heterocycles. The van der Waals surface area contributed by atoms with Gasteiger partial charge in [0.05, 0.1) is 5.56 Å². The minimum Gasteiger partial charge on any atom is -0.478 e. The predicted octanol–water partition coefficient (Wildman–Crippen LogP) is 2.17. The molecule has 0 spiro atoms. The number of amides is 2. The van der Waals surface area contributed by atoms with E-state index in [9.17, 15) is 9.59 Å². The van der Waals surface area contributed by atoms with E-state index >= 15 is 0 Å². The summed E-state index contributed by atoms with van der Waals surface area (Å²) in [5, 5.41) is 14.7. The first-order chi connectivity index (χ1) is 9.65. The van der Waals surface area contributed by atoms with Crippen LogP contribution in [0.1, 0.15) is 41.6 Å². The number of carboxylic acid groups (broad SMARTS) is 1. The fourth-order valence-corrected chi connectivity index (χ4v) is 2.49. The van der Waals surface area contributed by atoms with E-state index in [1.165, 1.54) is 12.8 Å². The molecule has 5 nitrogen and oxygen atoms in total. The number of carbonyl (C=O) groups excluding carboxylic acids is 1. The van der Waals surface area contributed by atoms with Crippen LogP contribution >= 0.6 is 0 Å². The normalized spacial score (nSPS) is 15.0. The Hall–Kier alpha value is -2.04. The molecular formula is C15H20N2O3. The lowest BCUT2D eigenvalue weighted by atomic mass is 10.1. The van der Waals surface area contributed by atoms with Crippen molar-refractivity contribution in [3.63, 3.8) is 0 Å². The molecule has 0 saturated heterocycles. The van der Waals surface area contributed by atoms with E-state index in [-0.39, 0.29) is 11.6 Å². The zero-order valence-electron chi connectivity index (χ0n) is 11.4. The third kappa shape index (κ3) is 4.26. The molecule has 0 aliphatic heterocycles. The number of benzene rings is 1. The second-order valence-corrected chi connectivity index (χ2v) is 5.14. The van der Waals surface area contributed by atoms with E-state index in [2.05, 4.69) is 10.6 Å². The number of carbonyl (C=O) groups is 2. The molecule has 108 valence electrons. The van der Waals surface area contributed by atoms with Crippen LogP contribution < -0.4 is 10.6 Å². The molecular weight excluding hydrogens is 256 g/mol. The van der Waals surface area contributed by atoms with Crippen molar-refractivity contribution in [1.82, 2.24) is 10.6 Å². The monoisotopic (exact) mass is 276 g/mol. The van der Waals surface area contributed by atoms with Crippen LogP contribution in [-0.4, -0.2) is 29.7 Å². The number of hydrogen-bond acceptors (Lipinski definition) is 2. The van der Waals surface area contributed by atoms with E-state index in [4.69, 9.17) is 5.11 Å². The first kappa shape index (κ1) is 14.4. The average molecular weight is 276 g/mol. The Labute approximate surface area is 118 Å². The van der Waals surface area contributed by atoms with Gasteiger partial charge in [-0.2, -0.15) is 0 Å². The highest BCUT2D eigenvalue weighted by Gasteiger charge is 2.16. The molecule has 3 N–H and O–H groups in total. The van der Waals surface area contributed by atoms with Crippen LogP contribution in [0.3, 0.4) is 0 Å². The quantitative estimate of drug-likeness (QED) is 0.771. The fraction of sp³-hybridized carbons (Fsp3) is 0.467. The van der Waals surface area contributed by atoms with Crippen molar-refractivity contribution in [1.29, 1.82) is 0 Å². The highest BCUT2D eigenvalue weighted by molar-refractivity contribution is 5.87. The van der Waals surface area contributed by atoms with Gasteiger partial charge < -0.3 is 15.7 Å². The van der Waals surface area contributed by atoms with Gasteiger partial charge >= 0.3 is 12.0 Å². The van der Waals surface area contributed by atoms with Crippen molar-refractivity contribution in [2.75, 3.05) is 6.54 Å². The topological polar surface area (TPSA) is 78.4 Å².